The van der Waals surface area contributed by atoms with Crippen LogP contribution in [-0.2, 0) is 6.42 Å². The summed E-state index contributed by atoms with van der Waals surface area (Å²) in [6.45, 7) is 2.82. The molecule has 1 unspecified atom stereocenters. The van der Waals surface area contributed by atoms with Gasteiger partial charge in [-0.3, -0.25) is 4.79 Å². The average Bonchev–Trinajstić information content (AvgIpc) is 3.13. The fourth-order valence-electron chi connectivity index (χ4n) is 3.37. The van der Waals surface area contributed by atoms with Crippen molar-refractivity contribution < 1.29 is 4.79 Å². The Morgan fingerprint density at radius 2 is 1.81 bits per heavy atom. The molecule has 0 aliphatic carbocycles. The summed E-state index contributed by atoms with van der Waals surface area (Å²) in [6, 6.07) is 22.2. The van der Waals surface area contributed by atoms with Crippen LogP contribution in [0.5, 0.6) is 0 Å². The lowest BCUT2D eigenvalue weighted by Gasteiger charge is -2.18. The zero-order valence-corrected chi connectivity index (χ0v) is 14.7. The van der Waals surface area contributed by atoms with Gasteiger partial charge in [0.2, 0.25) is 0 Å². The summed E-state index contributed by atoms with van der Waals surface area (Å²) in [4.78, 5) is 19.0. The van der Waals surface area contributed by atoms with Crippen LogP contribution in [0.4, 0.5) is 11.4 Å². The van der Waals surface area contributed by atoms with Crippen LogP contribution in [-0.4, -0.2) is 17.4 Å². The lowest BCUT2D eigenvalue weighted by Crippen LogP contribution is -2.29. The maximum atomic E-state index is 12.8. The molecule has 2 aromatic carbocycles. The van der Waals surface area contributed by atoms with E-state index < -0.39 is 0 Å². The Balaban J connectivity index is 1.47. The van der Waals surface area contributed by atoms with Gasteiger partial charge in [0.25, 0.3) is 5.91 Å². The van der Waals surface area contributed by atoms with Gasteiger partial charge in [0, 0.05) is 18.3 Å². The molecule has 26 heavy (non-hydrogen) atoms. The second-order valence-corrected chi connectivity index (χ2v) is 6.54. The third kappa shape index (κ3) is 3.18. The Labute approximate surface area is 153 Å². The molecule has 1 amide bonds. The number of pyridine rings is 1. The number of hydrogen-bond donors (Lipinski definition) is 1. The molecule has 0 saturated carbocycles. The van der Waals surface area contributed by atoms with E-state index in [2.05, 4.69) is 35.4 Å². The quantitative estimate of drug-likeness (QED) is 0.761. The van der Waals surface area contributed by atoms with E-state index in [-0.39, 0.29) is 11.9 Å². The Bertz CT molecular complexity index is 906. The van der Waals surface area contributed by atoms with Gasteiger partial charge >= 0.3 is 0 Å². The van der Waals surface area contributed by atoms with Gasteiger partial charge in [0.1, 0.15) is 5.69 Å². The van der Waals surface area contributed by atoms with Gasteiger partial charge in [0.15, 0.2) is 0 Å². The van der Waals surface area contributed by atoms with Gasteiger partial charge in [-0.2, -0.15) is 0 Å². The largest absolute Gasteiger partial charge is 0.377 e. The molecule has 1 atom stereocenters. The number of hydrogen-bond acceptors (Lipinski definition) is 3. The molecular formula is C22H21N3O. The molecule has 1 aromatic heterocycles. The van der Waals surface area contributed by atoms with Crippen molar-refractivity contribution in [1.29, 1.82) is 0 Å². The van der Waals surface area contributed by atoms with E-state index in [1.54, 1.807) is 12.3 Å². The van der Waals surface area contributed by atoms with E-state index >= 15 is 0 Å². The number of fused-ring (bicyclic) bond motifs is 1. The molecule has 0 fully saturated rings. The van der Waals surface area contributed by atoms with Crippen LogP contribution < -0.4 is 10.2 Å². The normalized spacial score (nSPS) is 14.0. The molecule has 130 valence electrons. The zero-order valence-electron chi connectivity index (χ0n) is 14.7. The van der Waals surface area contributed by atoms with Crippen molar-refractivity contribution >= 4 is 17.3 Å². The Morgan fingerprint density at radius 1 is 1.04 bits per heavy atom. The van der Waals surface area contributed by atoms with Gasteiger partial charge in [-0.25, -0.2) is 4.98 Å². The second-order valence-electron chi connectivity index (χ2n) is 6.54. The molecular weight excluding hydrogens is 322 g/mol. The number of nitrogens with zero attached hydrogens (tertiary/aromatic N) is 2. The lowest BCUT2D eigenvalue weighted by atomic mass is 10.1. The summed E-state index contributed by atoms with van der Waals surface area (Å²) in [5, 5.41) is 3.42. The van der Waals surface area contributed by atoms with Gasteiger partial charge in [-0.05, 0) is 42.7 Å². The molecule has 2 heterocycles. The molecule has 0 radical (unpaired) electrons. The van der Waals surface area contributed by atoms with Crippen LogP contribution in [0.3, 0.4) is 0 Å². The number of para-hydroxylation sites is 1. The molecule has 3 aromatic rings. The fraction of sp³-hybridized carbons (Fsp3) is 0.182. The predicted molar refractivity (Wildman–Crippen MR) is 105 cm³/mol. The molecule has 4 rings (SSSR count). The second kappa shape index (κ2) is 7.00. The summed E-state index contributed by atoms with van der Waals surface area (Å²) >= 11 is 0. The number of rotatable bonds is 4. The smallest absolute Gasteiger partial charge is 0.276 e. The van der Waals surface area contributed by atoms with Crippen molar-refractivity contribution in [2.24, 2.45) is 0 Å². The molecule has 4 nitrogen and oxygen atoms in total. The van der Waals surface area contributed by atoms with Gasteiger partial charge in [-0.15, -0.1) is 0 Å². The molecule has 1 N–H and O–H groups in total. The van der Waals surface area contributed by atoms with Gasteiger partial charge < -0.3 is 10.2 Å². The van der Waals surface area contributed by atoms with Crippen molar-refractivity contribution in [1.82, 2.24) is 4.98 Å². The predicted octanol–water partition coefficient (Wildman–Crippen LogP) is 4.46. The Morgan fingerprint density at radius 3 is 2.58 bits per heavy atom. The first-order valence-electron chi connectivity index (χ1n) is 8.90. The van der Waals surface area contributed by atoms with Crippen molar-refractivity contribution in [3.05, 3.63) is 89.7 Å². The van der Waals surface area contributed by atoms with Crippen molar-refractivity contribution in [3.8, 4) is 0 Å². The number of nitrogens with one attached hydrogen (secondary N) is 1. The summed E-state index contributed by atoms with van der Waals surface area (Å²) in [6.07, 6.45) is 2.63. The molecule has 0 bridgehead atoms. The fourth-order valence-corrected chi connectivity index (χ4v) is 3.37. The highest BCUT2D eigenvalue weighted by atomic mass is 16.2. The van der Waals surface area contributed by atoms with Crippen LogP contribution >= 0.6 is 0 Å². The van der Waals surface area contributed by atoms with Gasteiger partial charge in [-0.1, -0.05) is 48.5 Å². The molecule has 4 heteroatoms. The van der Waals surface area contributed by atoms with E-state index in [0.29, 0.717) is 12.2 Å². The number of carbonyl (C=O) groups is 1. The highest BCUT2D eigenvalue weighted by molar-refractivity contribution is 6.06. The average molecular weight is 343 g/mol. The first-order chi connectivity index (χ1) is 12.7. The maximum absolute atomic E-state index is 12.8. The molecule has 1 aliphatic heterocycles. The van der Waals surface area contributed by atoms with Crippen LogP contribution in [0.2, 0.25) is 0 Å². The lowest BCUT2D eigenvalue weighted by molar-refractivity contribution is 0.0984. The molecule has 1 aliphatic rings. The summed E-state index contributed by atoms with van der Waals surface area (Å²) in [5.74, 6) is -0.0439. The van der Waals surface area contributed by atoms with E-state index in [0.717, 1.165) is 17.8 Å². The topological polar surface area (TPSA) is 45.2 Å². The number of aromatic nitrogens is 1. The summed E-state index contributed by atoms with van der Waals surface area (Å²) in [7, 11) is 0. The van der Waals surface area contributed by atoms with E-state index in [4.69, 9.17) is 0 Å². The molecule has 0 spiro atoms. The van der Waals surface area contributed by atoms with E-state index in [9.17, 15) is 4.79 Å². The summed E-state index contributed by atoms with van der Waals surface area (Å²) in [5.41, 5.74) is 4.80. The Hall–Kier alpha value is -3.14. The number of anilines is 2. The minimum absolute atomic E-state index is 0.0439. The van der Waals surface area contributed by atoms with Gasteiger partial charge in [0.05, 0.1) is 11.9 Å². The highest BCUT2D eigenvalue weighted by Crippen LogP contribution is 2.28. The first kappa shape index (κ1) is 16.3. The minimum atomic E-state index is -0.0439. The monoisotopic (exact) mass is 343 g/mol. The first-order valence-corrected chi connectivity index (χ1v) is 8.90. The standard InChI is InChI=1S/C22H21N3O/c1-16(17-7-3-2-4-8-17)24-19-11-12-20(23-15-19)22(26)25-14-13-18-9-5-6-10-21(18)25/h2-12,15-16,24H,13-14H2,1H3. The molecule has 0 saturated heterocycles. The maximum Gasteiger partial charge on any atom is 0.276 e. The van der Waals surface area contributed by atoms with Crippen molar-refractivity contribution in [2.75, 3.05) is 16.8 Å². The van der Waals surface area contributed by atoms with Crippen LogP contribution in [0.1, 0.15) is 34.6 Å². The number of carbonyl (C=O) groups excluding carboxylic acids is 1. The minimum Gasteiger partial charge on any atom is -0.377 e. The zero-order chi connectivity index (χ0) is 17.9. The summed E-state index contributed by atoms with van der Waals surface area (Å²) < 4.78 is 0. The highest BCUT2D eigenvalue weighted by Gasteiger charge is 2.25. The Kier molecular flexibility index (Phi) is 4.40. The van der Waals surface area contributed by atoms with Crippen LogP contribution in [0.15, 0.2) is 72.9 Å². The third-order valence-corrected chi connectivity index (χ3v) is 4.80. The number of amides is 1. The third-order valence-electron chi connectivity index (χ3n) is 4.80. The van der Waals surface area contributed by atoms with E-state index in [1.165, 1.54) is 11.1 Å². The van der Waals surface area contributed by atoms with Crippen molar-refractivity contribution in [3.63, 3.8) is 0 Å². The SMILES string of the molecule is CC(Nc1ccc(C(=O)N2CCc3ccccc32)nc1)c1ccccc1. The van der Waals surface area contributed by atoms with Crippen molar-refractivity contribution in [2.45, 2.75) is 19.4 Å². The van der Waals surface area contributed by atoms with Crippen LogP contribution in [0.25, 0.3) is 0 Å². The van der Waals surface area contributed by atoms with E-state index in [1.807, 2.05) is 47.4 Å². The van der Waals surface area contributed by atoms with Crippen LogP contribution in [0, 0.1) is 0 Å². The number of benzene rings is 2.